The molecule has 0 unspecified atom stereocenters. The number of para-hydroxylation sites is 2. The molecule has 9 aromatic rings. The average molecular weight is 615 g/mol. The van der Waals surface area contributed by atoms with Gasteiger partial charge in [-0.15, -0.1) is 0 Å². The predicted molar refractivity (Wildman–Crippen MR) is 187 cm³/mol. The molecular weight excluding hydrogens is 592 g/mol. The summed E-state index contributed by atoms with van der Waals surface area (Å²) in [4.78, 5) is 14.5. The van der Waals surface area contributed by atoms with E-state index in [-0.39, 0.29) is 0 Å². The Morgan fingerprint density at radius 2 is 1.10 bits per heavy atom. The second-order valence-electron chi connectivity index (χ2n) is 11.5. The maximum atomic E-state index is 10.7. The highest BCUT2D eigenvalue weighted by Gasteiger charge is 2.23. The van der Waals surface area contributed by atoms with Crippen LogP contribution in [0.15, 0.2) is 138 Å². The van der Waals surface area contributed by atoms with Crippen LogP contribution in [0.1, 0.15) is 11.1 Å². The van der Waals surface area contributed by atoms with Crippen LogP contribution in [0.3, 0.4) is 0 Å². The van der Waals surface area contributed by atoms with E-state index in [0.29, 0.717) is 45.4 Å². The molecule has 0 saturated heterocycles. The Morgan fingerprint density at radius 1 is 0.521 bits per heavy atom. The van der Waals surface area contributed by atoms with Gasteiger partial charge in [0.05, 0.1) is 33.9 Å². The summed E-state index contributed by atoms with van der Waals surface area (Å²) in [5.41, 5.74) is 6.56. The lowest BCUT2D eigenvalue weighted by atomic mass is 10.0. The molecule has 9 rings (SSSR count). The van der Waals surface area contributed by atoms with Crippen molar-refractivity contribution in [3.05, 3.63) is 145 Å². The largest absolute Gasteiger partial charge is 0.454 e. The summed E-state index contributed by atoms with van der Waals surface area (Å²) in [5, 5.41) is 25.3. The molecule has 0 spiro atoms. The number of furan rings is 1. The van der Waals surface area contributed by atoms with Crippen molar-refractivity contribution in [3.8, 4) is 52.0 Å². The van der Waals surface area contributed by atoms with Gasteiger partial charge in [0.2, 0.25) is 0 Å². The van der Waals surface area contributed by atoms with Crippen molar-refractivity contribution in [2.75, 3.05) is 0 Å². The Hall–Kier alpha value is -7.09. The predicted octanol–water partition coefficient (Wildman–Crippen LogP) is 9.61. The van der Waals surface area contributed by atoms with Crippen molar-refractivity contribution < 1.29 is 4.42 Å². The Balaban J connectivity index is 1.33. The molecule has 0 fully saturated rings. The van der Waals surface area contributed by atoms with E-state index < -0.39 is 0 Å². The first kappa shape index (κ1) is 27.2. The maximum Gasteiger partial charge on any atom is 0.165 e. The van der Waals surface area contributed by atoms with Gasteiger partial charge in [0.1, 0.15) is 11.7 Å². The summed E-state index contributed by atoms with van der Waals surface area (Å²) in [5.74, 6) is 1.26. The van der Waals surface area contributed by atoms with Crippen LogP contribution in [0.5, 0.6) is 0 Å². The van der Waals surface area contributed by atoms with Crippen LogP contribution < -0.4 is 0 Å². The first-order chi connectivity index (χ1) is 23.7. The lowest BCUT2D eigenvalue weighted by Gasteiger charge is -2.14. The number of fused-ring (bicyclic) bond motifs is 7. The second-order valence-corrected chi connectivity index (χ2v) is 11.5. The normalized spacial score (nSPS) is 11.3. The van der Waals surface area contributed by atoms with E-state index in [4.69, 9.17) is 19.4 Å². The molecule has 0 saturated carbocycles. The van der Waals surface area contributed by atoms with E-state index in [1.165, 1.54) is 0 Å². The number of hydrogen-bond donors (Lipinski definition) is 0. The molecule has 0 atom stereocenters. The zero-order chi connectivity index (χ0) is 32.2. The van der Waals surface area contributed by atoms with Gasteiger partial charge in [-0.05, 0) is 30.3 Å². The van der Waals surface area contributed by atoms with Gasteiger partial charge in [-0.3, -0.25) is 0 Å². The number of hydrogen-bond acceptors (Lipinski definition) is 6. The Morgan fingerprint density at radius 3 is 1.79 bits per heavy atom. The summed E-state index contributed by atoms with van der Waals surface area (Å²) in [7, 11) is 0. The Bertz CT molecular complexity index is 2740. The van der Waals surface area contributed by atoms with Crippen LogP contribution in [0.25, 0.3) is 83.6 Å². The summed E-state index contributed by atoms with van der Waals surface area (Å²) in [6, 6.07) is 47.8. The van der Waals surface area contributed by atoms with E-state index in [9.17, 15) is 10.5 Å². The first-order valence-corrected chi connectivity index (χ1v) is 15.4. The average Bonchev–Trinajstić information content (AvgIpc) is 3.71. The second kappa shape index (κ2) is 10.8. The molecule has 0 bridgehead atoms. The van der Waals surface area contributed by atoms with Gasteiger partial charge in [-0.25, -0.2) is 15.0 Å². The van der Waals surface area contributed by atoms with Crippen LogP contribution in [0.2, 0.25) is 0 Å². The number of aromatic nitrogens is 4. The molecule has 7 heteroatoms. The lowest BCUT2D eigenvalue weighted by Crippen LogP contribution is -2.04. The van der Waals surface area contributed by atoms with Gasteiger partial charge in [-0.2, -0.15) is 10.5 Å². The van der Waals surface area contributed by atoms with E-state index >= 15 is 0 Å². The highest BCUT2D eigenvalue weighted by atomic mass is 16.3. The van der Waals surface area contributed by atoms with E-state index in [2.05, 4.69) is 30.3 Å². The minimum absolute atomic E-state index is 0.309. The van der Waals surface area contributed by atoms with Gasteiger partial charge < -0.3 is 8.98 Å². The van der Waals surface area contributed by atoms with Crippen molar-refractivity contribution in [3.63, 3.8) is 0 Å². The quantitative estimate of drug-likeness (QED) is 0.195. The van der Waals surface area contributed by atoms with Gasteiger partial charge in [0.15, 0.2) is 23.1 Å². The standard InChI is InChI=1S/C41H22N6O/c42-23-27-22-35(47-34-17-9-7-15-29(34)31-19-20-32-30-16-8-10-18-36(30)48-38(32)37(31)47)28(24-43)21-33(27)41-45-39(25-11-3-1-4-12-25)44-40(46-41)26-13-5-2-6-14-26/h1-22H. The molecule has 0 N–H and O–H groups in total. The summed E-state index contributed by atoms with van der Waals surface area (Å²) in [6.07, 6.45) is 0. The smallest absolute Gasteiger partial charge is 0.165 e. The summed E-state index contributed by atoms with van der Waals surface area (Å²) >= 11 is 0. The molecule has 0 aliphatic heterocycles. The molecule has 3 aromatic heterocycles. The van der Waals surface area contributed by atoms with Gasteiger partial charge in [-0.1, -0.05) is 103 Å². The van der Waals surface area contributed by atoms with E-state index in [1.54, 1.807) is 12.1 Å². The molecular formula is C41H22N6O. The van der Waals surface area contributed by atoms with Crippen molar-refractivity contribution in [2.45, 2.75) is 0 Å². The van der Waals surface area contributed by atoms with Gasteiger partial charge >= 0.3 is 0 Å². The van der Waals surface area contributed by atoms with Gasteiger partial charge in [0, 0.05) is 38.2 Å². The topological polar surface area (TPSA) is 104 Å². The minimum atomic E-state index is 0.309. The fourth-order valence-electron chi connectivity index (χ4n) is 6.55. The van der Waals surface area contributed by atoms with Crippen LogP contribution in [0, 0.1) is 22.7 Å². The van der Waals surface area contributed by atoms with Crippen molar-refractivity contribution in [2.24, 2.45) is 0 Å². The van der Waals surface area contributed by atoms with E-state index in [1.807, 2.05) is 108 Å². The monoisotopic (exact) mass is 614 g/mol. The van der Waals surface area contributed by atoms with Crippen molar-refractivity contribution >= 4 is 43.7 Å². The molecule has 6 aromatic carbocycles. The van der Waals surface area contributed by atoms with Crippen LogP contribution in [0.4, 0.5) is 0 Å². The minimum Gasteiger partial charge on any atom is -0.454 e. The zero-order valence-corrected chi connectivity index (χ0v) is 25.3. The fourth-order valence-corrected chi connectivity index (χ4v) is 6.55. The first-order valence-electron chi connectivity index (χ1n) is 15.4. The molecule has 0 radical (unpaired) electrons. The zero-order valence-electron chi connectivity index (χ0n) is 25.3. The Kier molecular flexibility index (Phi) is 6.11. The van der Waals surface area contributed by atoms with Crippen LogP contribution in [-0.2, 0) is 0 Å². The molecule has 0 aliphatic rings. The maximum absolute atomic E-state index is 10.7. The highest BCUT2D eigenvalue weighted by Crippen LogP contribution is 2.41. The fraction of sp³-hybridized carbons (Fsp3) is 0. The Labute approximate surface area is 274 Å². The number of benzene rings is 6. The van der Waals surface area contributed by atoms with Crippen LogP contribution in [-0.4, -0.2) is 19.5 Å². The molecule has 48 heavy (non-hydrogen) atoms. The summed E-state index contributed by atoms with van der Waals surface area (Å²) < 4.78 is 8.53. The number of rotatable bonds is 4. The molecule has 3 heterocycles. The van der Waals surface area contributed by atoms with Gasteiger partial charge in [0.25, 0.3) is 0 Å². The van der Waals surface area contributed by atoms with Crippen molar-refractivity contribution in [1.82, 2.24) is 19.5 Å². The number of nitriles is 2. The SMILES string of the molecule is N#Cc1cc(-n2c3ccccc3c3ccc4c5ccccc5oc4c32)c(C#N)cc1-c1nc(-c2ccccc2)nc(-c2ccccc2)n1. The molecule has 0 aliphatic carbocycles. The van der Waals surface area contributed by atoms with Crippen molar-refractivity contribution in [1.29, 1.82) is 10.5 Å². The highest BCUT2D eigenvalue weighted by molar-refractivity contribution is 6.21. The number of nitrogens with zero attached hydrogens (tertiary/aromatic N) is 6. The third-order valence-corrected chi connectivity index (χ3v) is 8.74. The molecule has 0 amide bonds. The molecule has 7 nitrogen and oxygen atoms in total. The van der Waals surface area contributed by atoms with E-state index in [0.717, 1.165) is 49.3 Å². The molecule has 222 valence electrons. The lowest BCUT2D eigenvalue weighted by molar-refractivity contribution is 0.671. The third-order valence-electron chi connectivity index (χ3n) is 8.74. The van der Waals surface area contributed by atoms with Crippen LogP contribution >= 0.6 is 0 Å². The summed E-state index contributed by atoms with van der Waals surface area (Å²) in [6.45, 7) is 0. The third kappa shape index (κ3) is 4.16.